The van der Waals surface area contributed by atoms with E-state index in [1.807, 2.05) is 41.8 Å². The fourth-order valence-electron chi connectivity index (χ4n) is 2.40. The van der Waals surface area contributed by atoms with Gasteiger partial charge >= 0.3 is 6.03 Å². The van der Waals surface area contributed by atoms with Crippen molar-refractivity contribution in [3.05, 3.63) is 54.5 Å². The molecule has 0 aliphatic rings. The SMILES string of the molecule is CCn1c(SCC(=O)NC(=O)NCc2ccco2)nnc1-c1ccccc1. The van der Waals surface area contributed by atoms with E-state index in [4.69, 9.17) is 4.42 Å². The number of urea groups is 1. The van der Waals surface area contributed by atoms with Gasteiger partial charge in [0.25, 0.3) is 0 Å². The van der Waals surface area contributed by atoms with Crippen LogP contribution in [0, 0.1) is 0 Å². The molecule has 2 N–H and O–H groups in total. The maximum atomic E-state index is 12.0. The van der Waals surface area contributed by atoms with Crippen LogP contribution in [-0.2, 0) is 17.9 Å². The number of imide groups is 1. The zero-order valence-electron chi connectivity index (χ0n) is 14.7. The minimum absolute atomic E-state index is 0.0566. The van der Waals surface area contributed by atoms with E-state index in [0.29, 0.717) is 17.5 Å². The molecule has 0 atom stereocenters. The van der Waals surface area contributed by atoms with Crippen LogP contribution in [0.3, 0.4) is 0 Å². The average Bonchev–Trinajstić information content (AvgIpc) is 3.34. The van der Waals surface area contributed by atoms with Gasteiger partial charge in [-0.25, -0.2) is 4.79 Å². The van der Waals surface area contributed by atoms with Crippen LogP contribution in [-0.4, -0.2) is 32.5 Å². The summed E-state index contributed by atoms with van der Waals surface area (Å²) >= 11 is 1.23. The minimum atomic E-state index is -0.570. The van der Waals surface area contributed by atoms with Crippen molar-refractivity contribution in [2.24, 2.45) is 0 Å². The highest BCUT2D eigenvalue weighted by Crippen LogP contribution is 2.23. The van der Waals surface area contributed by atoms with Gasteiger partial charge in [0.2, 0.25) is 5.91 Å². The van der Waals surface area contributed by atoms with Gasteiger partial charge in [0, 0.05) is 12.1 Å². The number of amides is 3. The summed E-state index contributed by atoms with van der Waals surface area (Å²) in [6, 6.07) is 12.6. The summed E-state index contributed by atoms with van der Waals surface area (Å²) in [7, 11) is 0. The van der Waals surface area contributed by atoms with Gasteiger partial charge in [-0.1, -0.05) is 42.1 Å². The largest absolute Gasteiger partial charge is 0.467 e. The molecule has 3 aromatic rings. The summed E-state index contributed by atoms with van der Waals surface area (Å²) in [5.74, 6) is 0.999. The predicted molar refractivity (Wildman–Crippen MR) is 101 cm³/mol. The van der Waals surface area contributed by atoms with Crippen molar-refractivity contribution in [2.45, 2.75) is 25.2 Å². The van der Waals surface area contributed by atoms with Crippen LogP contribution < -0.4 is 10.6 Å². The van der Waals surface area contributed by atoms with Crippen molar-refractivity contribution in [3.8, 4) is 11.4 Å². The molecule has 0 bridgehead atoms. The van der Waals surface area contributed by atoms with E-state index in [0.717, 1.165) is 11.4 Å². The third kappa shape index (κ3) is 4.98. The number of thioether (sulfide) groups is 1. The molecule has 3 amide bonds. The van der Waals surface area contributed by atoms with Crippen molar-refractivity contribution in [3.63, 3.8) is 0 Å². The number of aromatic nitrogens is 3. The summed E-state index contributed by atoms with van der Waals surface area (Å²) in [5, 5.41) is 13.9. The number of nitrogens with one attached hydrogen (secondary N) is 2. The molecule has 2 heterocycles. The molecule has 0 radical (unpaired) electrons. The van der Waals surface area contributed by atoms with Gasteiger partial charge in [0.1, 0.15) is 5.76 Å². The van der Waals surface area contributed by atoms with Crippen molar-refractivity contribution >= 4 is 23.7 Å². The number of furan rings is 1. The van der Waals surface area contributed by atoms with Crippen LogP contribution >= 0.6 is 11.8 Å². The van der Waals surface area contributed by atoms with E-state index in [-0.39, 0.29) is 12.3 Å². The first-order valence-electron chi connectivity index (χ1n) is 8.39. The number of carbonyl (C=O) groups excluding carboxylic acids is 2. The van der Waals surface area contributed by atoms with Gasteiger partial charge in [-0.2, -0.15) is 0 Å². The lowest BCUT2D eigenvalue weighted by molar-refractivity contribution is -0.117. The first-order valence-corrected chi connectivity index (χ1v) is 9.37. The number of nitrogens with zero attached hydrogens (tertiary/aromatic N) is 3. The average molecular weight is 385 g/mol. The highest BCUT2D eigenvalue weighted by molar-refractivity contribution is 7.99. The smallest absolute Gasteiger partial charge is 0.321 e. The summed E-state index contributed by atoms with van der Waals surface area (Å²) in [6.45, 7) is 2.87. The Bertz CT molecular complexity index is 893. The Balaban J connectivity index is 1.53. The Morgan fingerprint density at radius 3 is 2.67 bits per heavy atom. The lowest BCUT2D eigenvalue weighted by Crippen LogP contribution is -2.39. The van der Waals surface area contributed by atoms with Gasteiger partial charge in [0.05, 0.1) is 18.6 Å². The van der Waals surface area contributed by atoms with Gasteiger partial charge in [-0.05, 0) is 19.1 Å². The molecule has 2 aromatic heterocycles. The summed E-state index contributed by atoms with van der Waals surface area (Å²) in [4.78, 5) is 23.7. The highest BCUT2D eigenvalue weighted by atomic mass is 32.2. The molecule has 0 saturated heterocycles. The van der Waals surface area contributed by atoms with E-state index in [1.165, 1.54) is 18.0 Å². The van der Waals surface area contributed by atoms with E-state index in [1.54, 1.807) is 12.1 Å². The van der Waals surface area contributed by atoms with E-state index in [2.05, 4.69) is 20.8 Å². The monoisotopic (exact) mass is 385 g/mol. The Labute approximate surface area is 160 Å². The molecule has 1 aromatic carbocycles. The molecule has 0 saturated carbocycles. The molecule has 9 heteroatoms. The Hall–Kier alpha value is -3.07. The molecule has 0 unspecified atom stereocenters. The fourth-order valence-corrected chi connectivity index (χ4v) is 3.20. The third-order valence-corrected chi connectivity index (χ3v) is 4.62. The van der Waals surface area contributed by atoms with Crippen molar-refractivity contribution in [2.75, 3.05) is 5.75 Å². The lowest BCUT2D eigenvalue weighted by atomic mass is 10.2. The number of hydrogen-bond donors (Lipinski definition) is 2. The second kappa shape index (κ2) is 9.04. The Morgan fingerprint density at radius 1 is 1.15 bits per heavy atom. The molecule has 140 valence electrons. The Morgan fingerprint density at radius 2 is 1.96 bits per heavy atom. The first kappa shape index (κ1) is 18.7. The van der Waals surface area contributed by atoms with Crippen LogP contribution in [0.1, 0.15) is 12.7 Å². The molecule has 8 nitrogen and oxygen atoms in total. The third-order valence-electron chi connectivity index (χ3n) is 3.65. The van der Waals surface area contributed by atoms with Gasteiger partial charge in [-0.15, -0.1) is 10.2 Å². The maximum Gasteiger partial charge on any atom is 0.321 e. The molecule has 3 rings (SSSR count). The molecule has 0 fully saturated rings. The van der Waals surface area contributed by atoms with Gasteiger partial charge < -0.3 is 14.3 Å². The molecule has 27 heavy (non-hydrogen) atoms. The van der Waals surface area contributed by atoms with Gasteiger partial charge in [-0.3, -0.25) is 10.1 Å². The summed E-state index contributed by atoms with van der Waals surface area (Å²) < 4.78 is 7.04. The predicted octanol–water partition coefficient (Wildman–Crippen LogP) is 2.68. The summed E-state index contributed by atoms with van der Waals surface area (Å²) in [6.07, 6.45) is 1.52. The molecule has 0 aliphatic carbocycles. The first-order chi connectivity index (χ1) is 13.2. The van der Waals surface area contributed by atoms with E-state index < -0.39 is 11.9 Å². The fraction of sp³-hybridized carbons (Fsp3) is 0.222. The van der Waals surface area contributed by atoms with Crippen LogP contribution in [0.5, 0.6) is 0 Å². The number of benzene rings is 1. The van der Waals surface area contributed by atoms with E-state index >= 15 is 0 Å². The number of rotatable bonds is 7. The highest BCUT2D eigenvalue weighted by Gasteiger charge is 2.15. The zero-order chi connectivity index (χ0) is 19.1. The quantitative estimate of drug-likeness (QED) is 0.606. The van der Waals surface area contributed by atoms with Crippen molar-refractivity contribution in [1.82, 2.24) is 25.4 Å². The van der Waals surface area contributed by atoms with Crippen molar-refractivity contribution in [1.29, 1.82) is 0 Å². The number of hydrogen-bond acceptors (Lipinski definition) is 6. The number of carbonyl (C=O) groups is 2. The second-order valence-electron chi connectivity index (χ2n) is 5.52. The molecular formula is C18H19N5O3S. The minimum Gasteiger partial charge on any atom is -0.467 e. The van der Waals surface area contributed by atoms with Crippen LogP contribution in [0.4, 0.5) is 4.79 Å². The normalized spacial score (nSPS) is 10.6. The van der Waals surface area contributed by atoms with Crippen LogP contribution in [0.2, 0.25) is 0 Å². The maximum absolute atomic E-state index is 12.0. The molecule has 0 spiro atoms. The molecule has 0 aliphatic heterocycles. The second-order valence-corrected chi connectivity index (χ2v) is 6.46. The van der Waals surface area contributed by atoms with E-state index in [9.17, 15) is 9.59 Å². The van der Waals surface area contributed by atoms with Crippen LogP contribution in [0.25, 0.3) is 11.4 Å². The van der Waals surface area contributed by atoms with Crippen LogP contribution in [0.15, 0.2) is 58.3 Å². The Kier molecular flexibility index (Phi) is 6.26. The topological polar surface area (TPSA) is 102 Å². The zero-order valence-corrected chi connectivity index (χ0v) is 15.5. The van der Waals surface area contributed by atoms with Crippen molar-refractivity contribution < 1.29 is 14.0 Å². The lowest BCUT2D eigenvalue weighted by Gasteiger charge is -2.08. The summed E-state index contributed by atoms with van der Waals surface area (Å²) in [5.41, 5.74) is 0.959. The van der Waals surface area contributed by atoms with Gasteiger partial charge in [0.15, 0.2) is 11.0 Å². The molecular weight excluding hydrogens is 366 g/mol. The standard InChI is InChI=1S/C18H19N5O3S/c1-2-23-16(13-7-4-3-5-8-13)21-22-18(23)27-12-15(24)20-17(25)19-11-14-9-6-10-26-14/h3-10H,2,11-12H2,1H3,(H2,19,20,24,25).